The second kappa shape index (κ2) is 8.08. The molecule has 0 saturated carbocycles. The molecule has 0 aromatic heterocycles. The number of anilines is 1. The third-order valence-corrected chi connectivity index (χ3v) is 5.06. The number of nitrogens with one attached hydrogen (secondary N) is 1. The quantitative estimate of drug-likeness (QED) is 0.556. The summed E-state index contributed by atoms with van der Waals surface area (Å²) in [6.45, 7) is 3.73. The summed E-state index contributed by atoms with van der Waals surface area (Å²) in [6.07, 6.45) is 1.41. The van der Waals surface area contributed by atoms with Gasteiger partial charge in [0, 0.05) is 4.47 Å². The molecular weight excluding hydrogens is 440 g/mol. The Morgan fingerprint density at radius 1 is 0.931 bits per heavy atom. The first-order chi connectivity index (χ1) is 13.7. The molecule has 8 heteroatoms. The largest absolute Gasteiger partial charge is 0.493 e. The first-order valence-corrected chi connectivity index (χ1v) is 9.45. The molecule has 0 atom stereocenters. The highest BCUT2D eigenvalue weighted by molar-refractivity contribution is 9.10. The number of ether oxygens (including phenoxy) is 2. The van der Waals surface area contributed by atoms with Gasteiger partial charge in [-0.25, -0.2) is 9.69 Å². The number of barbiturate groups is 1. The molecule has 1 saturated heterocycles. The number of halogens is 1. The standard InChI is InChI=1S/C21H19BrN2O5/c1-11-5-12(2)7-14(6-11)24-20(26)15(19(25)23-21(24)27)8-13-9-17(28-3)18(29-4)10-16(13)22/h5-10H,1-4H3,(H,23,25,27). The highest BCUT2D eigenvalue weighted by atomic mass is 79.9. The van der Waals surface area contributed by atoms with Crippen LogP contribution >= 0.6 is 15.9 Å². The van der Waals surface area contributed by atoms with E-state index >= 15 is 0 Å². The third kappa shape index (κ3) is 4.02. The van der Waals surface area contributed by atoms with Crippen molar-refractivity contribution in [3.63, 3.8) is 0 Å². The fourth-order valence-electron chi connectivity index (χ4n) is 3.11. The van der Waals surface area contributed by atoms with Crippen molar-refractivity contribution in [3.8, 4) is 11.5 Å². The second-order valence-electron chi connectivity index (χ2n) is 6.53. The molecule has 4 amide bonds. The molecule has 2 aromatic carbocycles. The first-order valence-electron chi connectivity index (χ1n) is 8.66. The maximum Gasteiger partial charge on any atom is 0.335 e. The SMILES string of the molecule is COc1cc(Br)c(C=C2C(=O)NC(=O)N(c3cc(C)cc(C)c3)C2=O)cc1OC. The van der Waals surface area contributed by atoms with Gasteiger partial charge in [-0.2, -0.15) is 0 Å². The lowest BCUT2D eigenvalue weighted by Gasteiger charge is -2.27. The lowest BCUT2D eigenvalue weighted by Crippen LogP contribution is -2.54. The fourth-order valence-corrected chi connectivity index (χ4v) is 3.54. The zero-order valence-electron chi connectivity index (χ0n) is 16.3. The van der Waals surface area contributed by atoms with E-state index in [1.165, 1.54) is 20.3 Å². The van der Waals surface area contributed by atoms with Crippen molar-refractivity contribution in [3.05, 3.63) is 57.1 Å². The van der Waals surface area contributed by atoms with Crippen molar-refractivity contribution < 1.29 is 23.9 Å². The summed E-state index contributed by atoms with van der Waals surface area (Å²) in [4.78, 5) is 38.8. The summed E-state index contributed by atoms with van der Waals surface area (Å²) in [5, 5.41) is 2.23. The van der Waals surface area contributed by atoms with E-state index < -0.39 is 17.8 Å². The molecule has 0 aliphatic carbocycles. The zero-order valence-corrected chi connectivity index (χ0v) is 17.9. The Morgan fingerprint density at radius 2 is 1.52 bits per heavy atom. The van der Waals surface area contributed by atoms with Gasteiger partial charge < -0.3 is 9.47 Å². The molecule has 1 fully saturated rings. The first kappa shape index (κ1) is 20.6. The van der Waals surface area contributed by atoms with Crippen molar-refractivity contribution in [1.29, 1.82) is 0 Å². The molecule has 1 heterocycles. The van der Waals surface area contributed by atoms with Gasteiger partial charge in [0.15, 0.2) is 11.5 Å². The zero-order chi connectivity index (χ0) is 21.3. The highest BCUT2D eigenvalue weighted by Gasteiger charge is 2.37. The lowest BCUT2D eigenvalue weighted by molar-refractivity contribution is -0.122. The number of imide groups is 2. The molecule has 0 unspecified atom stereocenters. The van der Waals surface area contributed by atoms with E-state index in [1.54, 1.807) is 24.3 Å². The van der Waals surface area contributed by atoms with E-state index in [9.17, 15) is 14.4 Å². The monoisotopic (exact) mass is 458 g/mol. The molecule has 0 bridgehead atoms. The van der Waals surface area contributed by atoms with Gasteiger partial charge in [-0.1, -0.05) is 22.0 Å². The Bertz CT molecular complexity index is 1040. The predicted octanol–water partition coefficient (Wildman–Crippen LogP) is 3.75. The molecule has 150 valence electrons. The molecule has 2 aromatic rings. The second-order valence-corrected chi connectivity index (χ2v) is 7.39. The number of urea groups is 1. The van der Waals surface area contributed by atoms with Gasteiger partial charge in [-0.05, 0) is 60.9 Å². The fraction of sp³-hybridized carbons (Fsp3) is 0.190. The molecule has 1 aliphatic rings. The van der Waals surface area contributed by atoms with Crippen LogP contribution in [0, 0.1) is 13.8 Å². The summed E-state index contributed by atoms with van der Waals surface area (Å²) in [7, 11) is 3.00. The minimum Gasteiger partial charge on any atom is -0.493 e. The topological polar surface area (TPSA) is 84.9 Å². The number of carbonyl (C=O) groups excluding carboxylic acids is 3. The van der Waals surface area contributed by atoms with Crippen LogP contribution in [0.4, 0.5) is 10.5 Å². The van der Waals surface area contributed by atoms with Crippen LogP contribution in [0.2, 0.25) is 0 Å². The van der Waals surface area contributed by atoms with Gasteiger partial charge in [0.25, 0.3) is 11.8 Å². The molecule has 29 heavy (non-hydrogen) atoms. The van der Waals surface area contributed by atoms with Crippen LogP contribution in [0.3, 0.4) is 0 Å². The van der Waals surface area contributed by atoms with E-state index in [1.807, 2.05) is 19.9 Å². The van der Waals surface area contributed by atoms with E-state index in [0.29, 0.717) is 27.2 Å². The molecular formula is C21H19BrN2O5. The summed E-state index contributed by atoms with van der Waals surface area (Å²) >= 11 is 3.41. The predicted molar refractivity (Wildman–Crippen MR) is 112 cm³/mol. The van der Waals surface area contributed by atoms with E-state index in [4.69, 9.17) is 9.47 Å². The van der Waals surface area contributed by atoms with Crippen LogP contribution in [0.1, 0.15) is 16.7 Å². The van der Waals surface area contributed by atoms with Gasteiger partial charge in [-0.15, -0.1) is 0 Å². The number of hydrogen-bond acceptors (Lipinski definition) is 5. The van der Waals surface area contributed by atoms with Crippen molar-refractivity contribution in [2.75, 3.05) is 19.1 Å². The Morgan fingerprint density at radius 3 is 2.10 bits per heavy atom. The van der Waals surface area contributed by atoms with Gasteiger partial charge >= 0.3 is 6.03 Å². The Hall–Kier alpha value is -3.13. The van der Waals surface area contributed by atoms with Crippen LogP contribution < -0.4 is 19.7 Å². The van der Waals surface area contributed by atoms with Crippen molar-refractivity contribution >= 4 is 45.5 Å². The Labute approximate surface area is 176 Å². The van der Waals surface area contributed by atoms with E-state index in [-0.39, 0.29) is 5.57 Å². The van der Waals surface area contributed by atoms with Gasteiger partial charge in [0.2, 0.25) is 0 Å². The van der Waals surface area contributed by atoms with Crippen LogP contribution in [-0.2, 0) is 9.59 Å². The minimum atomic E-state index is -0.784. The summed E-state index contributed by atoms with van der Waals surface area (Å²) in [5.41, 5.74) is 2.54. The summed E-state index contributed by atoms with van der Waals surface area (Å²) in [6, 6.07) is 7.87. The maximum atomic E-state index is 13.1. The van der Waals surface area contributed by atoms with E-state index in [2.05, 4.69) is 21.2 Å². The molecule has 1 aliphatic heterocycles. The van der Waals surface area contributed by atoms with Crippen LogP contribution in [0.25, 0.3) is 6.08 Å². The van der Waals surface area contributed by atoms with Crippen molar-refractivity contribution in [2.24, 2.45) is 0 Å². The minimum absolute atomic E-state index is 0.170. The number of carbonyl (C=O) groups is 3. The lowest BCUT2D eigenvalue weighted by atomic mass is 10.0. The summed E-state index contributed by atoms with van der Waals surface area (Å²) < 4.78 is 11.1. The third-order valence-electron chi connectivity index (χ3n) is 4.37. The van der Waals surface area contributed by atoms with Crippen molar-refractivity contribution in [2.45, 2.75) is 13.8 Å². The number of benzene rings is 2. The molecule has 0 radical (unpaired) electrons. The number of nitrogens with zero attached hydrogens (tertiary/aromatic N) is 1. The number of amides is 4. The van der Waals surface area contributed by atoms with Gasteiger partial charge in [0.05, 0.1) is 19.9 Å². The average Bonchev–Trinajstić information content (AvgIpc) is 2.64. The van der Waals surface area contributed by atoms with Crippen molar-refractivity contribution in [1.82, 2.24) is 5.32 Å². The molecule has 0 spiro atoms. The number of rotatable bonds is 4. The Kier molecular flexibility index (Phi) is 5.74. The number of aryl methyl sites for hydroxylation is 2. The van der Waals surface area contributed by atoms with Crippen LogP contribution in [0.15, 0.2) is 40.4 Å². The molecule has 1 N–H and O–H groups in total. The van der Waals surface area contributed by atoms with Gasteiger partial charge in [-0.3, -0.25) is 14.9 Å². The summed E-state index contributed by atoms with van der Waals surface area (Å²) in [5.74, 6) is -0.533. The van der Waals surface area contributed by atoms with E-state index in [0.717, 1.165) is 16.0 Å². The molecule has 3 rings (SSSR count). The average molecular weight is 459 g/mol. The van der Waals surface area contributed by atoms with Crippen LogP contribution in [-0.4, -0.2) is 32.1 Å². The Balaban J connectivity index is 2.08. The highest BCUT2D eigenvalue weighted by Crippen LogP contribution is 2.35. The molecule has 7 nitrogen and oxygen atoms in total. The smallest absolute Gasteiger partial charge is 0.335 e. The number of methoxy groups -OCH3 is 2. The van der Waals surface area contributed by atoms with Gasteiger partial charge in [0.1, 0.15) is 5.57 Å². The maximum absolute atomic E-state index is 13.1. The normalized spacial score (nSPS) is 15.6. The number of hydrogen-bond donors (Lipinski definition) is 1. The van der Waals surface area contributed by atoms with Crippen LogP contribution in [0.5, 0.6) is 11.5 Å².